The minimum atomic E-state index is -0.737. The minimum absolute atomic E-state index is 0.310. The van der Waals surface area contributed by atoms with Crippen LogP contribution in [0.25, 0.3) is 0 Å². The lowest BCUT2D eigenvalue weighted by molar-refractivity contribution is 0.157. The van der Waals surface area contributed by atoms with E-state index in [4.69, 9.17) is 5.73 Å². The normalized spacial score (nSPS) is 12.4. The number of anilines is 1. The fourth-order valence-corrected chi connectivity index (χ4v) is 2.24. The van der Waals surface area contributed by atoms with Crippen LogP contribution in [-0.4, -0.2) is 35.5 Å². The molecule has 2 aromatic heterocycles. The minimum Gasteiger partial charge on any atom is -0.399 e. The summed E-state index contributed by atoms with van der Waals surface area (Å²) in [5.74, 6) is 0.310. The Hall–Kier alpha value is -2.74. The maximum absolute atomic E-state index is 9.99. The summed E-state index contributed by atoms with van der Waals surface area (Å²) < 4.78 is 1.91. The van der Waals surface area contributed by atoms with E-state index >= 15 is 0 Å². The van der Waals surface area contributed by atoms with Gasteiger partial charge in [-0.05, 0) is 36.6 Å². The summed E-state index contributed by atoms with van der Waals surface area (Å²) in [5, 5.41) is 27.7. The van der Waals surface area contributed by atoms with E-state index in [0.717, 1.165) is 16.9 Å². The number of nitrogen functional groups attached to an aromatic ring is 1. The van der Waals surface area contributed by atoms with Gasteiger partial charge in [0.15, 0.2) is 0 Å². The number of aryl methyl sites for hydroxylation is 1. The molecular weight excluding hydrogens is 282 g/mol. The summed E-state index contributed by atoms with van der Waals surface area (Å²) in [6.07, 6.45) is 2.20. The molecule has 0 bridgehead atoms. The summed E-state index contributed by atoms with van der Waals surface area (Å²) in [7, 11) is 0. The largest absolute Gasteiger partial charge is 0.399 e. The molecule has 8 heteroatoms. The standard InChI is InChI=1S/C14H17N7O/c15-11-3-1-10(2-4-11)9-21-12(7-8-16-21)5-6-13(22)14-17-19-20-18-14/h1-4,7-8,13,22H,5-6,9,15H2,(H,17,18,19,20). The van der Waals surface area contributed by atoms with Crippen molar-refractivity contribution >= 4 is 5.69 Å². The van der Waals surface area contributed by atoms with Crippen molar-refractivity contribution in [2.24, 2.45) is 0 Å². The zero-order valence-electron chi connectivity index (χ0n) is 11.9. The van der Waals surface area contributed by atoms with Crippen molar-refractivity contribution in [2.75, 3.05) is 5.73 Å². The van der Waals surface area contributed by atoms with Crippen molar-refractivity contribution in [2.45, 2.75) is 25.5 Å². The molecule has 0 aliphatic carbocycles. The molecule has 3 aromatic rings. The molecule has 4 N–H and O–H groups in total. The van der Waals surface area contributed by atoms with Gasteiger partial charge >= 0.3 is 0 Å². The quantitative estimate of drug-likeness (QED) is 0.576. The number of aromatic nitrogens is 6. The predicted octanol–water partition coefficient (Wildman–Crippen LogP) is 0.693. The molecule has 0 saturated heterocycles. The molecule has 0 aliphatic rings. The number of aliphatic hydroxyl groups is 1. The lowest BCUT2D eigenvalue weighted by Gasteiger charge is -2.09. The number of hydrogen-bond acceptors (Lipinski definition) is 6. The molecule has 0 radical (unpaired) electrons. The summed E-state index contributed by atoms with van der Waals surface area (Å²) in [6, 6.07) is 9.65. The number of tetrazole rings is 1. The number of nitrogens with zero attached hydrogens (tertiary/aromatic N) is 5. The second-order valence-corrected chi connectivity index (χ2v) is 5.05. The molecule has 1 aromatic carbocycles. The summed E-state index contributed by atoms with van der Waals surface area (Å²) in [6.45, 7) is 0.668. The highest BCUT2D eigenvalue weighted by Gasteiger charge is 2.13. The van der Waals surface area contributed by atoms with Crippen molar-refractivity contribution in [3.8, 4) is 0 Å². The van der Waals surface area contributed by atoms with Crippen LogP contribution in [0.3, 0.4) is 0 Å². The molecule has 114 valence electrons. The predicted molar refractivity (Wildman–Crippen MR) is 79.6 cm³/mol. The molecule has 0 amide bonds. The van der Waals surface area contributed by atoms with Gasteiger partial charge in [-0.25, -0.2) is 0 Å². The number of benzene rings is 1. The highest BCUT2D eigenvalue weighted by Crippen LogP contribution is 2.15. The highest BCUT2D eigenvalue weighted by molar-refractivity contribution is 5.39. The Balaban J connectivity index is 1.63. The van der Waals surface area contributed by atoms with E-state index in [-0.39, 0.29) is 0 Å². The second kappa shape index (κ2) is 6.35. The lowest BCUT2D eigenvalue weighted by Crippen LogP contribution is -2.09. The number of aromatic amines is 1. The van der Waals surface area contributed by atoms with Crippen molar-refractivity contribution in [3.05, 3.63) is 53.6 Å². The lowest BCUT2D eigenvalue weighted by atomic mass is 10.1. The van der Waals surface area contributed by atoms with Gasteiger partial charge in [0.05, 0.1) is 6.54 Å². The third kappa shape index (κ3) is 3.29. The Morgan fingerprint density at radius 1 is 1.23 bits per heavy atom. The highest BCUT2D eigenvalue weighted by atomic mass is 16.3. The van der Waals surface area contributed by atoms with Crippen molar-refractivity contribution in [1.82, 2.24) is 30.4 Å². The Kier molecular flexibility index (Phi) is 4.10. The molecule has 0 fully saturated rings. The topological polar surface area (TPSA) is 119 Å². The fraction of sp³-hybridized carbons (Fsp3) is 0.286. The van der Waals surface area contributed by atoms with Crippen LogP contribution in [0.5, 0.6) is 0 Å². The second-order valence-electron chi connectivity index (χ2n) is 5.05. The fourth-order valence-electron chi connectivity index (χ4n) is 2.24. The number of hydrogen-bond donors (Lipinski definition) is 3. The van der Waals surface area contributed by atoms with Crippen LogP contribution in [0.15, 0.2) is 36.5 Å². The van der Waals surface area contributed by atoms with Crippen molar-refractivity contribution in [3.63, 3.8) is 0 Å². The van der Waals surface area contributed by atoms with Gasteiger partial charge in [-0.15, -0.1) is 10.2 Å². The van der Waals surface area contributed by atoms with Gasteiger partial charge in [0, 0.05) is 17.6 Å². The van der Waals surface area contributed by atoms with Crippen LogP contribution < -0.4 is 5.73 Å². The molecule has 0 spiro atoms. The smallest absolute Gasteiger partial charge is 0.202 e. The maximum Gasteiger partial charge on any atom is 0.202 e. The average molecular weight is 299 g/mol. The first kappa shape index (κ1) is 14.2. The molecular formula is C14H17N7O. The Morgan fingerprint density at radius 3 is 2.77 bits per heavy atom. The summed E-state index contributed by atoms with van der Waals surface area (Å²) in [5.41, 5.74) is 8.59. The van der Waals surface area contributed by atoms with Gasteiger partial charge in [0.25, 0.3) is 0 Å². The van der Waals surface area contributed by atoms with E-state index in [1.165, 1.54) is 0 Å². The van der Waals surface area contributed by atoms with Crippen molar-refractivity contribution < 1.29 is 5.11 Å². The molecule has 3 rings (SSSR count). The van der Waals surface area contributed by atoms with Gasteiger partial charge in [-0.1, -0.05) is 17.3 Å². The molecule has 8 nitrogen and oxygen atoms in total. The molecule has 22 heavy (non-hydrogen) atoms. The monoisotopic (exact) mass is 299 g/mol. The number of nitrogens with one attached hydrogen (secondary N) is 1. The maximum atomic E-state index is 9.99. The summed E-state index contributed by atoms with van der Waals surface area (Å²) >= 11 is 0. The zero-order valence-corrected chi connectivity index (χ0v) is 11.9. The van der Waals surface area contributed by atoms with Crippen LogP contribution in [0.2, 0.25) is 0 Å². The van der Waals surface area contributed by atoms with E-state index in [9.17, 15) is 5.11 Å². The first-order valence-corrected chi connectivity index (χ1v) is 6.99. The molecule has 0 aliphatic heterocycles. The third-order valence-corrected chi connectivity index (χ3v) is 3.45. The Bertz CT molecular complexity index is 705. The first-order valence-electron chi connectivity index (χ1n) is 6.99. The van der Waals surface area contributed by atoms with Crippen LogP contribution in [0.4, 0.5) is 5.69 Å². The van der Waals surface area contributed by atoms with Gasteiger partial charge in [-0.2, -0.15) is 10.3 Å². The molecule has 1 unspecified atom stereocenters. The van der Waals surface area contributed by atoms with E-state index in [0.29, 0.717) is 25.2 Å². The van der Waals surface area contributed by atoms with Crippen molar-refractivity contribution in [1.29, 1.82) is 0 Å². The van der Waals surface area contributed by atoms with Gasteiger partial charge in [0.1, 0.15) is 6.10 Å². The van der Waals surface area contributed by atoms with Gasteiger partial charge in [-0.3, -0.25) is 4.68 Å². The first-order chi connectivity index (χ1) is 10.7. The number of aliphatic hydroxyl groups excluding tert-OH is 1. The molecule has 2 heterocycles. The zero-order chi connectivity index (χ0) is 15.4. The molecule has 1 atom stereocenters. The van der Waals surface area contributed by atoms with E-state index in [1.54, 1.807) is 6.20 Å². The van der Waals surface area contributed by atoms with Crippen LogP contribution in [0, 0.1) is 0 Å². The number of H-pyrrole nitrogens is 1. The van der Waals surface area contributed by atoms with Gasteiger partial charge < -0.3 is 10.8 Å². The number of rotatable bonds is 6. The Labute approximate surface area is 127 Å². The molecule has 0 saturated carbocycles. The van der Waals surface area contributed by atoms with Crippen LogP contribution >= 0.6 is 0 Å². The van der Waals surface area contributed by atoms with Crippen LogP contribution in [-0.2, 0) is 13.0 Å². The van der Waals surface area contributed by atoms with E-state index in [1.807, 2.05) is 35.0 Å². The number of nitrogens with two attached hydrogens (primary N) is 1. The third-order valence-electron chi connectivity index (χ3n) is 3.45. The van der Waals surface area contributed by atoms with E-state index < -0.39 is 6.10 Å². The van der Waals surface area contributed by atoms with Crippen LogP contribution in [0.1, 0.15) is 29.6 Å². The van der Waals surface area contributed by atoms with E-state index in [2.05, 4.69) is 25.7 Å². The summed E-state index contributed by atoms with van der Waals surface area (Å²) in [4.78, 5) is 0. The van der Waals surface area contributed by atoms with Gasteiger partial charge in [0.2, 0.25) is 5.82 Å². The SMILES string of the molecule is Nc1ccc(Cn2nccc2CCC(O)c2nn[nH]n2)cc1. The average Bonchev–Trinajstić information content (AvgIpc) is 3.19. The Morgan fingerprint density at radius 2 is 2.05 bits per heavy atom.